The van der Waals surface area contributed by atoms with E-state index in [0.717, 1.165) is 30.9 Å². The molecular weight excluding hydrogens is 296 g/mol. The van der Waals surface area contributed by atoms with Crippen molar-refractivity contribution >= 4 is 5.97 Å². The van der Waals surface area contributed by atoms with Crippen molar-refractivity contribution in [2.75, 3.05) is 19.8 Å². The first-order chi connectivity index (χ1) is 11.3. The molecule has 1 aliphatic heterocycles. The normalized spacial score (nSPS) is 17.2. The van der Waals surface area contributed by atoms with Crippen LogP contribution >= 0.6 is 0 Å². The van der Waals surface area contributed by atoms with Gasteiger partial charge in [-0.2, -0.15) is 0 Å². The van der Waals surface area contributed by atoms with Crippen molar-refractivity contribution in [1.29, 1.82) is 0 Å². The van der Waals surface area contributed by atoms with E-state index in [4.69, 9.17) is 14.2 Å². The van der Waals surface area contributed by atoms with Gasteiger partial charge in [-0.3, -0.25) is 4.57 Å². The zero-order chi connectivity index (χ0) is 16.1. The number of aromatic nitrogens is 2. The first kappa shape index (κ1) is 15.6. The average molecular weight is 316 g/mol. The number of hydrogen-bond donors (Lipinski definition) is 0. The molecule has 6 heteroatoms. The standard InChI is InChI=1S/C17H20N2O4/c1-2-21-17(20)16-18-9-10-19(16)13-5-7-14(8-6-13)23-12-15-4-3-11-22-15/h5-10,15H,2-4,11-12H2,1H3/t15-/m1/s1. The molecule has 1 aromatic carbocycles. The van der Waals surface area contributed by atoms with Crippen LogP contribution in [0.2, 0.25) is 0 Å². The highest BCUT2D eigenvalue weighted by Gasteiger charge is 2.17. The molecule has 0 amide bonds. The summed E-state index contributed by atoms with van der Waals surface area (Å²) in [5.41, 5.74) is 0.829. The van der Waals surface area contributed by atoms with Crippen molar-refractivity contribution in [1.82, 2.24) is 9.55 Å². The van der Waals surface area contributed by atoms with E-state index in [0.29, 0.717) is 13.2 Å². The van der Waals surface area contributed by atoms with Gasteiger partial charge in [0.05, 0.1) is 12.7 Å². The van der Waals surface area contributed by atoms with Crippen LogP contribution in [0.15, 0.2) is 36.7 Å². The van der Waals surface area contributed by atoms with E-state index in [1.54, 1.807) is 23.9 Å². The monoisotopic (exact) mass is 316 g/mol. The maximum Gasteiger partial charge on any atom is 0.374 e. The average Bonchev–Trinajstić information content (AvgIpc) is 3.25. The van der Waals surface area contributed by atoms with Crippen LogP contribution in [0.4, 0.5) is 0 Å². The first-order valence-electron chi connectivity index (χ1n) is 7.83. The largest absolute Gasteiger partial charge is 0.491 e. The number of hydrogen-bond acceptors (Lipinski definition) is 5. The molecule has 2 heterocycles. The Hall–Kier alpha value is -2.34. The molecule has 23 heavy (non-hydrogen) atoms. The van der Waals surface area contributed by atoms with Crippen LogP contribution in [0.25, 0.3) is 5.69 Å². The Bertz CT molecular complexity index is 645. The Labute approximate surface area is 135 Å². The van der Waals surface area contributed by atoms with Crippen LogP contribution in [0, 0.1) is 0 Å². The summed E-state index contributed by atoms with van der Waals surface area (Å²) in [6.45, 7) is 3.48. The minimum Gasteiger partial charge on any atom is -0.491 e. The Morgan fingerprint density at radius 2 is 2.22 bits per heavy atom. The van der Waals surface area contributed by atoms with Gasteiger partial charge in [0.25, 0.3) is 0 Å². The Balaban J connectivity index is 1.67. The maximum atomic E-state index is 11.9. The lowest BCUT2D eigenvalue weighted by Crippen LogP contribution is -2.16. The Morgan fingerprint density at radius 1 is 1.39 bits per heavy atom. The fourth-order valence-corrected chi connectivity index (χ4v) is 2.53. The molecule has 0 aliphatic carbocycles. The van der Waals surface area contributed by atoms with E-state index >= 15 is 0 Å². The molecule has 6 nitrogen and oxygen atoms in total. The summed E-state index contributed by atoms with van der Waals surface area (Å²) < 4.78 is 18.0. The van der Waals surface area contributed by atoms with Crippen molar-refractivity contribution in [3.05, 3.63) is 42.5 Å². The molecule has 1 saturated heterocycles. The predicted molar refractivity (Wildman–Crippen MR) is 84.0 cm³/mol. The molecule has 1 fully saturated rings. The number of ether oxygens (including phenoxy) is 3. The molecule has 0 spiro atoms. The zero-order valence-electron chi connectivity index (χ0n) is 13.1. The number of carbonyl (C=O) groups is 1. The number of carbonyl (C=O) groups excluding carboxylic acids is 1. The third kappa shape index (κ3) is 3.71. The highest BCUT2D eigenvalue weighted by molar-refractivity contribution is 5.86. The van der Waals surface area contributed by atoms with E-state index in [2.05, 4.69) is 4.98 Å². The van der Waals surface area contributed by atoms with Crippen LogP contribution in [0.1, 0.15) is 30.4 Å². The quantitative estimate of drug-likeness (QED) is 0.767. The molecule has 0 N–H and O–H groups in total. The van der Waals surface area contributed by atoms with Crippen LogP contribution in [-0.2, 0) is 9.47 Å². The van der Waals surface area contributed by atoms with Gasteiger partial charge in [-0.25, -0.2) is 9.78 Å². The van der Waals surface area contributed by atoms with Gasteiger partial charge in [0.2, 0.25) is 5.82 Å². The zero-order valence-corrected chi connectivity index (χ0v) is 13.1. The number of rotatable bonds is 6. The minimum atomic E-state index is -0.434. The lowest BCUT2D eigenvalue weighted by atomic mass is 10.2. The van der Waals surface area contributed by atoms with Crippen molar-refractivity contribution in [3.63, 3.8) is 0 Å². The molecule has 1 aliphatic rings. The molecule has 0 unspecified atom stereocenters. The molecular formula is C17H20N2O4. The van der Waals surface area contributed by atoms with Gasteiger partial charge < -0.3 is 14.2 Å². The fourth-order valence-electron chi connectivity index (χ4n) is 2.53. The second-order valence-electron chi connectivity index (χ2n) is 5.28. The Morgan fingerprint density at radius 3 is 2.91 bits per heavy atom. The predicted octanol–water partition coefficient (Wildman–Crippen LogP) is 2.61. The molecule has 1 aromatic heterocycles. The van der Waals surface area contributed by atoms with Crippen LogP contribution in [0.3, 0.4) is 0 Å². The minimum absolute atomic E-state index is 0.193. The smallest absolute Gasteiger partial charge is 0.374 e. The first-order valence-corrected chi connectivity index (χ1v) is 7.83. The topological polar surface area (TPSA) is 62.6 Å². The lowest BCUT2D eigenvalue weighted by Gasteiger charge is -2.12. The maximum absolute atomic E-state index is 11.9. The van der Waals surface area contributed by atoms with Gasteiger partial charge in [0.15, 0.2) is 0 Å². The SMILES string of the molecule is CCOC(=O)c1nccn1-c1ccc(OC[C@H]2CCCO2)cc1. The van der Waals surface area contributed by atoms with Crippen molar-refractivity contribution < 1.29 is 19.0 Å². The van der Waals surface area contributed by atoms with Crippen molar-refractivity contribution in [2.45, 2.75) is 25.9 Å². The van der Waals surface area contributed by atoms with Crippen LogP contribution < -0.4 is 4.74 Å². The second kappa shape index (κ2) is 7.28. The molecule has 0 saturated carbocycles. The van der Waals surface area contributed by atoms with Crippen LogP contribution in [0.5, 0.6) is 5.75 Å². The number of nitrogens with zero attached hydrogens (tertiary/aromatic N) is 2. The highest BCUT2D eigenvalue weighted by Crippen LogP contribution is 2.19. The summed E-state index contributed by atoms with van der Waals surface area (Å²) in [6.07, 6.45) is 5.65. The summed E-state index contributed by atoms with van der Waals surface area (Å²) in [5.74, 6) is 0.609. The molecule has 1 atom stereocenters. The molecule has 0 bridgehead atoms. The summed E-state index contributed by atoms with van der Waals surface area (Å²) in [5, 5.41) is 0. The molecule has 3 rings (SSSR count). The summed E-state index contributed by atoms with van der Waals surface area (Å²) in [7, 11) is 0. The second-order valence-corrected chi connectivity index (χ2v) is 5.28. The van der Waals surface area contributed by atoms with Gasteiger partial charge in [-0.15, -0.1) is 0 Å². The van der Waals surface area contributed by atoms with Gasteiger partial charge in [0.1, 0.15) is 12.4 Å². The summed E-state index contributed by atoms with van der Waals surface area (Å²) in [4.78, 5) is 15.9. The molecule has 122 valence electrons. The van der Waals surface area contributed by atoms with Gasteiger partial charge in [-0.1, -0.05) is 0 Å². The fraction of sp³-hybridized carbons (Fsp3) is 0.412. The van der Waals surface area contributed by atoms with Crippen LogP contribution in [-0.4, -0.2) is 41.4 Å². The summed E-state index contributed by atoms with van der Waals surface area (Å²) in [6, 6.07) is 7.52. The third-order valence-electron chi connectivity index (χ3n) is 3.67. The van der Waals surface area contributed by atoms with E-state index < -0.39 is 5.97 Å². The number of esters is 1. The van der Waals surface area contributed by atoms with E-state index in [1.807, 2.05) is 24.3 Å². The lowest BCUT2D eigenvalue weighted by molar-refractivity contribution is 0.0510. The van der Waals surface area contributed by atoms with E-state index in [1.165, 1.54) is 0 Å². The molecule has 0 radical (unpaired) electrons. The van der Waals surface area contributed by atoms with Gasteiger partial charge >= 0.3 is 5.97 Å². The number of imidazole rings is 1. The molecule has 2 aromatic rings. The van der Waals surface area contributed by atoms with Crippen molar-refractivity contribution in [3.8, 4) is 11.4 Å². The highest BCUT2D eigenvalue weighted by atomic mass is 16.5. The van der Waals surface area contributed by atoms with Gasteiger partial charge in [-0.05, 0) is 44.0 Å². The van der Waals surface area contributed by atoms with Crippen molar-refractivity contribution in [2.24, 2.45) is 0 Å². The number of benzene rings is 1. The Kier molecular flexibility index (Phi) is 4.92. The van der Waals surface area contributed by atoms with E-state index in [-0.39, 0.29) is 11.9 Å². The third-order valence-corrected chi connectivity index (χ3v) is 3.67. The van der Waals surface area contributed by atoms with Gasteiger partial charge in [0, 0.05) is 24.7 Å². The van der Waals surface area contributed by atoms with E-state index in [9.17, 15) is 4.79 Å². The summed E-state index contributed by atoms with van der Waals surface area (Å²) >= 11 is 0.